The van der Waals surface area contributed by atoms with E-state index in [0.717, 1.165) is 20.4 Å². The fourth-order valence-electron chi connectivity index (χ4n) is 1.65. The first-order valence-electron chi connectivity index (χ1n) is 5.50. The number of hydrogen-bond donors (Lipinski definition) is 1. The average Bonchev–Trinajstić information content (AvgIpc) is 2.32. The first-order chi connectivity index (χ1) is 8.56. The molecule has 0 saturated carbocycles. The minimum absolute atomic E-state index is 0.205. The maximum absolute atomic E-state index is 13.2. The highest BCUT2D eigenvalue weighted by Gasteiger charge is 2.03. The molecule has 0 heterocycles. The summed E-state index contributed by atoms with van der Waals surface area (Å²) in [5.74, 6) is -0.205. The van der Waals surface area contributed by atoms with Crippen LogP contribution in [0.4, 0.5) is 10.1 Å². The largest absolute Gasteiger partial charge is 0.380 e. The Bertz CT molecular complexity index is 572. The first kappa shape index (κ1) is 13.6. The minimum Gasteiger partial charge on any atom is -0.380 e. The fraction of sp³-hybridized carbons (Fsp3) is 0.143. The summed E-state index contributed by atoms with van der Waals surface area (Å²) >= 11 is 8.12. The summed E-state index contributed by atoms with van der Waals surface area (Å²) in [7, 11) is 0. The molecule has 0 aromatic heterocycles. The molecule has 0 spiro atoms. The van der Waals surface area contributed by atoms with Gasteiger partial charge in [-0.15, -0.1) is 0 Å². The van der Waals surface area contributed by atoms with Crippen molar-refractivity contribution in [1.29, 1.82) is 0 Å². The molecule has 94 valence electrons. The summed E-state index contributed by atoms with van der Waals surface area (Å²) in [5.41, 5.74) is 3.04. The Morgan fingerprint density at radius 3 is 2.72 bits per heavy atom. The van der Waals surface area contributed by atoms with Gasteiger partial charge in [-0.2, -0.15) is 0 Å². The van der Waals surface area contributed by atoms with Gasteiger partial charge in [-0.25, -0.2) is 4.39 Å². The lowest BCUT2D eigenvalue weighted by Gasteiger charge is -2.11. The second kappa shape index (κ2) is 5.89. The summed E-state index contributed by atoms with van der Waals surface area (Å²) in [6, 6.07) is 10.5. The number of aryl methyl sites for hydroxylation is 1. The number of hydrogen-bond acceptors (Lipinski definition) is 1. The van der Waals surface area contributed by atoms with E-state index in [-0.39, 0.29) is 5.82 Å². The molecule has 4 heteroatoms. The Labute approximate surface area is 124 Å². The van der Waals surface area contributed by atoms with Gasteiger partial charge >= 0.3 is 0 Å². The van der Waals surface area contributed by atoms with Crippen molar-refractivity contribution in [3.8, 4) is 0 Å². The monoisotopic (exact) mass is 375 g/mol. The molecular formula is C14H12ClFIN. The molecule has 0 radical (unpaired) electrons. The molecule has 0 aliphatic carbocycles. The molecule has 0 unspecified atom stereocenters. The standard InChI is InChI=1S/C14H12ClFIN/c1-9-2-4-12(16)6-10(9)8-18-14-5-3-11(15)7-13(14)17/h2-7,18H,8H2,1H3. The summed E-state index contributed by atoms with van der Waals surface area (Å²) in [5, 5.41) is 4.01. The molecule has 0 bridgehead atoms. The topological polar surface area (TPSA) is 12.0 Å². The van der Waals surface area contributed by atoms with Gasteiger partial charge in [-0.05, 0) is 71.0 Å². The maximum atomic E-state index is 13.2. The van der Waals surface area contributed by atoms with Crippen LogP contribution in [0, 0.1) is 16.3 Å². The van der Waals surface area contributed by atoms with Gasteiger partial charge in [-0.3, -0.25) is 0 Å². The van der Waals surface area contributed by atoms with Crippen molar-refractivity contribution in [2.45, 2.75) is 13.5 Å². The minimum atomic E-state index is -0.205. The molecular weight excluding hydrogens is 364 g/mol. The van der Waals surface area contributed by atoms with Crippen molar-refractivity contribution in [3.63, 3.8) is 0 Å². The smallest absolute Gasteiger partial charge is 0.123 e. The van der Waals surface area contributed by atoms with Gasteiger partial charge in [0.1, 0.15) is 5.82 Å². The van der Waals surface area contributed by atoms with Crippen LogP contribution in [0.25, 0.3) is 0 Å². The second-order valence-corrected chi connectivity index (χ2v) is 5.65. The van der Waals surface area contributed by atoms with Gasteiger partial charge in [0.25, 0.3) is 0 Å². The SMILES string of the molecule is Cc1ccc(F)cc1CNc1ccc(Cl)cc1I. The Kier molecular flexibility index (Phi) is 4.45. The van der Waals surface area contributed by atoms with E-state index in [9.17, 15) is 4.39 Å². The van der Waals surface area contributed by atoms with Crippen LogP contribution in [0.1, 0.15) is 11.1 Å². The molecule has 0 fully saturated rings. The Morgan fingerprint density at radius 2 is 2.00 bits per heavy atom. The third-order valence-electron chi connectivity index (χ3n) is 2.71. The van der Waals surface area contributed by atoms with Crippen LogP contribution < -0.4 is 5.32 Å². The molecule has 2 aromatic carbocycles. The molecule has 0 atom stereocenters. The highest BCUT2D eigenvalue weighted by atomic mass is 127. The average molecular weight is 376 g/mol. The van der Waals surface area contributed by atoms with Crippen molar-refractivity contribution in [2.24, 2.45) is 0 Å². The van der Waals surface area contributed by atoms with Crippen molar-refractivity contribution >= 4 is 39.9 Å². The predicted molar refractivity (Wildman–Crippen MR) is 82.6 cm³/mol. The predicted octanol–water partition coefficient (Wildman–Crippen LogP) is 5.00. The van der Waals surface area contributed by atoms with E-state index in [1.54, 1.807) is 12.1 Å². The number of anilines is 1. The summed E-state index contributed by atoms with van der Waals surface area (Å²) in [6.07, 6.45) is 0. The third kappa shape index (κ3) is 3.36. The number of halogens is 3. The van der Waals surface area contributed by atoms with Gasteiger partial charge < -0.3 is 5.32 Å². The first-order valence-corrected chi connectivity index (χ1v) is 6.96. The molecule has 0 amide bonds. The van der Waals surface area contributed by atoms with Crippen LogP contribution in [0.3, 0.4) is 0 Å². The quantitative estimate of drug-likeness (QED) is 0.744. The summed E-state index contributed by atoms with van der Waals surface area (Å²) < 4.78 is 14.2. The van der Waals surface area contributed by atoms with Crippen LogP contribution in [0.15, 0.2) is 36.4 Å². The molecule has 0 saturated heterocycles. The molecule has 18 heavy (non-hydrogen) atoms. The van der Waals surface area contributed by atoms with Crippen LogP contribution >= 0.6 is 34.2 Å². The van der Waals surface area contributed by atoms with Gasteiger partial charge in [0.2, 0.25) is 0 Å². The Balaban J connectivity index is 2.13. The van der Waals surface area contributed by atoms with Crippen LogP contribution in [-0.2, 0) is 6.54 Å². The third-order valence-corrected chi connectivity index (χ3v) is 3.84. The molecule has 0 aliphatic rings. The lowest BCUT2D eigenvalue weighted by Crippen LogP contribution is -2.03. The van der Waals surface area contributed by atoms with E-state index in [0.29, 0.717) is 11.6 Å². The molecule has 2 aromatic rings. The number of nitrogens with one attached hydrogen (secondary N) is 1. The molecule has 0 aliphatic heterocycles. The van der Waals surface area contributed by atoms with E-state index >= 15 is 0 Å². The van der Waals surface area contributed by atoms with Crippen LogP contribution in [0.2, 0.25) is 5.02 Å². The molecule has 1 N–H and O–H groups in total. The number of benzene rings is 2. The summed E-state index contributed by atoms with van der Waals surface area (Å²) in [6.45, 7) is 2.57. The highest BCUT2D eigenvalue weighted by Crippen LogP contribution is 2.23. The summed E-state index contributed by atoms with van der Waals surface area (Å²) in [4.78, 5) is 0. The van der Waals surface area contributed by atoms with Gasteiger partial charge in [-0.1, -0.05) is 17.7 Å². The van der Waals surface area contributed by atoms with Crippen molar-refractivity contribution in [3.05, 3.63) is 61.9 Å². The fourth-order valence-corrected chi connectivity index (χ4v) is 2.72. The van der Waals surface area contributed by atoms with E-state index in [1.165, 1.54) is 6.07 Å². The molecule has 2 rings (SSSR count). The maximum Gasteiger partial charge on any atom is 0.123 e. The van der Waals surface area contributed by atoms with E-state index < -0.39 is 0 Å². The van der Waals surface area contributed by atoms with Crippen LogP contribution in [-0.4, -0.2) is 0 Å². The highest BCUT2D eigenvalue weighted by molar-refractivity contribution is 14.1. The zero-order valence-corrected chi connectivity index (χ0v) is 12.7. The van der Waals surface area contributed by atoms with Crippen molar-refractivity contribution < 1.29 is 4.39 Å². The van der Waals surface area contributed by atoms with Crippen LogP contribution in [0.5, 0.6) is 0 Å². The van der Waals surface area contributed by atoms with E-state index in [4.69, 9.17) is 11.6 Å². The van der Waals surface area contributed by atoms with Crippen molar-refractivity contribution in [1.82, 2.24) is 0 Å². The van der Waals surface area contributed by atoms with Gasteiger partial charge in [0.05, 0.1) is 0 Å². The lowest BCUT2D eigenvalue weighted by molar-refractivity contribution is 0.625. The lowest BCUT2D eigenvalue weighted by atomic mass is 10.1. The zero-order valence-electron chi connectivity index (χ0n) is 9.81. The van der Waals surface area contributed by atoms with E-state index in [2.05, 4.69) is 27.9 Å². The zero-order chi connectivity index (χ0) is 13.1. The second-order valence-electron chi connectivity index (χ2n) is 4.05. The van der Waals surface area contributed by atoms with Gasteiger partial charge in [0.15, 0.2) is 0 Å². The normalized spacial score (nSPS) is 10.4. The Morgan fingerprint density at radius 1 is 1.22 bits per heavy atom. The van der Waals surface area contributed by atoms with E-state index in [1.807, 2.05) is 25.1 Å². The van der Waals surface area contributed by atoms with Crippen molar-refractivity contribution in [2.75, 3.05) is 5.32 Å². The van der Waals surface area contributed by atoms with Gasteiger partial charge in [0, 0.05) is 20.8 Å². The number of rotatable bonds is 3. The molecule has 1 nitrogen and oxygen atoms in total. The Hall–Kier alpha value is -0.810.